The highest BCUT2D eigenvalue weighted by atomic mass is 16.5. The number of amides is 1. The fourth-order valence-corrected chi connectivity index (χ4v) is 3.28. The van der Waals surface area contributed by atoms with Crippen LogP contribution in [-0.2, 0) is 9.53 Å². The third-order valence-electron chi connectivity index (χ3n) is 4.90. The summed E-state index contributed by atoms with van der Waals surface area (Å²) in [7, 11) is 0. The molecular weight excluding hydrogens is 316 g/mol. The SMILES string of the molecule is C[C@H](OC(=O)c1ccc2ccccc2n1)C(=O)N[C@@H]1CCCC[C@@H]1C. The van der Waals surface area contributed by atoms with Crippen molar-refractivity contribution < 1.29 is 14.3 Å². The zero-order valence-corrected chi connectivity index (χ0v) is 14.7. The average molecular weight is 340 g/mol. The lowest BCUT2D eigenvalue weighted by atomic mass is 9.86. The predicted octanol–water partition coefficient (Wildman–Crippen LogP) is 3.48. The summed E-state index contributed by atoms with van der Waals surface area (Å²) in [5, 5.41) is 3.97. The van der Waals surface area contributed by atoms with Crippen LogP contribution >= 0.6 is 0 Å². The maximum Gasteiger partial charge on any atom is 0.357 e. The minimum atomic E-state index is -0.838. The highest BCUT2D eigenvalue weighted by Crippen LogP contribution is 2.23. The number of rotatable bonds is 4. The second-order valence-corrected chi connectivity index (χ2v) is 6.81. The number of carbonyl (C=O) groups excluding carboxylic acids is 2. The smallest absolute Gasteiger partial charge is 0.357 e. The van der Waals surface area contributed by atoms with Crippen LogP contribution in [0, 0.1) is 5.92 Å². The van der Waals surface area contributed by atoms with E-state index in [-0.39, 0.29) is 17.6 Å². The van der Waals surface area contributed by atoms with Crippen molar-refractivity contribution in [2.75, 3.05) is 0 Å². The van der Waals surface area contributed by atoms with Crippen LogP contribution in [0.15, 0.2) is 36.4 Å². The van der Waals surface area contributed by atoms with Crippen molar-refractivity contribution in [3.8, 4) is 0 Å². The van der Waals surface area contributed by atoms with E-state index in [4.69, 9.17) is 4.74 Å². The van der Waals surface area contributed by atoms with Crippen molar-refractivity contribution in [1.82, 2.24) is 10.3 Å². The van der Waals surface area contributed by atoms with Gasteiger partial charge in [-0.05, 0) is 37.8 Å². The Hall–Kier alpha value is -2.43. The van der Waals surface area contributed by atoms with Crippen LogP contribution in [0.2, 0.25) is 0 Å². The molecule has 1 aliphatic carbocycles. The number of hydrogen-bond acceptors (Lipinski definition) is 4. The monoisotopic (exact) mass is 340 g/mol. The molecule has 1 amide bonds. The van der Waals surface area contributed by atoms with E-state index in [1.807, 2.05) is 30.3 Å². The van der Waals surface area contributed by atoms with E-state index in [0.717, 1.165) is 30.2 Å². The Morgan fingerprint density at radius 3 is 2.72 bits per heavy atom. The topological polar surface area (TPSA) is 68.3 Å². The number of nitrogens with one attached hydrogen (secondary N) is 1. The molecule has 1 fully saturated rings. The van der Waals surface area contributed by atoms with Gasteiger partial charge in [-0.2, -0.15) is 0 Å². The van der Waals surface area contributed by atoms with Gasteiger partial charge in [-0.15, -0.1) is 0 Å². The highest BCUT2D eigenvalue weighted by molar-refractivity contribution is 5.93. The van der Waals surface area contributed by atoms with E-state index in [9.17, 15) is 9.59 Å². The molecule has 0 spiro atoms. The molecule has 0 bridgehead atoms. The Balaban J connectivity index is 1.61. The van der Waals surface area contributed by atoms with Gasteiger partial charge in [-0.3, -0.25) is 4.79 Å². The van der Waals surface area contributed by atoms with Crippen LogP contribution in [0.25, 0.3) is 10.9 Å². The first-order valence-corrected chi connectivity index (χ1v) is 8.92. The van der Waals surface area contributed by atoms with Crippen LogP contribution in [0.1, 0.15) is 50.0 Å². The molecule has 1 saturated carbocycles. The second-order valence-electron chi connectivity index (χ2n) is 6.81. The average Bonchev–Trinajstić information content (AvgIpc) is 2.63. The van der Waals surface area contributed by atoms with Gasteiger partial charge in [-0.1, -0.05) is 44.0 Å². The number of fused-ring (bicyclic) bond motifs is 1. The normalized spacial score (nSPS) is 21.5. The molecule has 1 heterocycles. The van der Waals surface area contributed by atoms with E-state index in [1.165, 1.54) is 6.42 Å². The third-order valence-corrected chi connectivity index (χ3v) is 4.90. The van der Waals surface area contributed by atoms with Gasteiger partial charge in [0.05, 0.1) is 5.52 Å². The fourth-order valence-electron chi connectivity index (χ4n) is 3.28. The summed E-state index contributed by atoms with van der Waals surface area (Å²) in [5.41, 5.74) is 0.939. The van der Waals surface area contributed by atoms with Gasteiger partial charge < -0.3 is 10.1 Å². The number of esters is 1. The van der Waals surface area contributed by atoms with Crippen LogP contribution in [0.3, 0.4) is 0 Å². The number of benzene rings is 1. The Morgan fingerprint density at radius 2 is 1.92 bits per heavy atom. The number of carbonyl (C=O) groups is 2. The van der Waals surface area contributed by atoms with Crippen molar-refractivity contribution in [3.63, 3.8) is 0 Å². The summed E-state index contributed by atoms with van der Waals surface area (Å²) in [6, 6.07) is 11.2. The van der Waals surface area contributed by atoms with Gasteiger partial charge >= 0.3 is 5.97 Å². The zero-order chi connectivity index (χ0) is 17.8. The zero-order valence-electron chi connectivity index (χ0n) is 14.7. The molecule has 3 rings (SSSR count). The van der Waals surface area contributed by atoms with Crippen molar-refractivity contribution in [2.24, 2.45) is 5.92 Å². The molecule has 25 heavy (non-hydrogen) atoms. The molecule has 0 saturated heterocycles. The molecule has 1 aromatic carbocycles. The van der Waals surface area contributed by atoms with Gasteiger partial charge in [0, 0.05) is 11.4 Å². The predicted molar refractivity (Wildman–Crippen MR) is 96.2 cm³/mol. The van der Waals surface area contributed by atoms with Crippen molar-refractivity contribution in [2.45, 2.75) is 51.7 Å². The fraction of sp³-hybridized carbons (Fsp3) is 0.450. The number of aromatic nitrogens is 1. The second kappa shape index (κ2) is 7.64. The quantitative estimate of drug-likeness (QED) is 0.865. The maximum absolute atomic E-state index is 12.3. The molecule has 1 aliphatic rings. The lowest BCUT2D eigenvalue weighted by molar-refractivity contribution is -0.130. The van der Waals surface area contributed by atoms with E-state index >= 15 is 0 Å². The number of nitrogens with zero attached hydrogens (tertiary/aromatic N) is 1. The first-order chi connectivity index (χ1) is 12.0. The number of hydrogen-bond donors (Lipinski definition) is 1. The van der Waals surface area contributed by atoms with Crippen LogP contribution in [0.4, 0.5) is 0 Å². The minimum Gasteiger partial charge on any atom is -0.448 e. The van der Waals surface area contributed by atoms with Gasteiger partial charge in [-0.25, -0.2) is 9.78 Å². The van der Waals surface area contributed by atoms with E-state index in [2.05, 4.69) is 17.2 Å². The molecule has 0 radical (unpaired) electrons. The standard InChI is InChI=1S/C20H24N2O3/c1-13-7-3-5-9-16(13)22-19(23)14(2)25-20(24)18-12-11-15-8-4-6-10-17(15)21-18/h4,6,8,10-14,16H,3,5,7,9H2,1-2H3,(H,22,23)/t13-,14-,16+/m0/s1. The summed E-state index contributed by atoms with van der Waals surface area (Å²) in [5.74, 6) is -0.360. The van der Waals surface area contributed by atoms with E-state index < -0.39 is 12.1 Å². The summed E-state index contributed by atoms with van der Waals surface area (Å²) in [6.45, 7) is 3.75. The first-order valence-electron chi connectivity index (χ1n) is 8.92. The van der Waals surface area contributed by atoms with Crippen LogP contribution in [-0.4, -0.2) is 29.0 Å². The molecule has 132 valence electrons. The Bertz CT molecular complexity index is 774. The summed E-state index contributed by atoms with van der Waals surface area (Å²) >= 11 is 0. The Labute approximate surface area is 147 Å². The minimum absolute atomic E-state index is 0.168. The van der Waals surface area contributed by atoms with Crippen molar-refractivity contribution in [3.05, 3.63) is 42.1 Å². The first kappa shape index (κ1) is 17.4. The summed E-state index contributed by atoms with van der Waals surface area (Å²) < 4.78 is 5.31. The van der Waals surface area contributed by atoms with Crippen molar-refractivity contribution in [1.29, 1.82) is 0 Å². The number of ether oxygens (including phenoxy) is 1. The van der Waals surface area contributed by atoms with E-state index in [0.29, 0.717) is 5.92 Å². The molecule has 5 heteroatoms. The number of pyridine rings is 1. The van der Waals surface area contributed by atoms with E-state index in [1.54, 1.807) is 13.0 Å². The van der Waals surface area contributed by atoms with Gasteiger partial charge in [0.1, 0.15) is 5.69 Å². The summed E-state index contributed by atoms with van der Waals surface area (Å²) in [4.78, 5) is 28.9. The van der Waals surface area contributed by atoms with Crippen molar-refractivity contribution >= 4 is 22.8 Å². The lowest BCUT2D eigenvalue weighted by Crippen LogP contribution is -2.46. The van der Waals surface area contributed by atoms with Crippen LogP contribution < -0.4 is 5.32 Å². The number of para-hydroxylation sites is 1. The van der Waals surface area contributed by atoms with Gasteiger partial charge in [0.25, 0.3) is 5.91 Å². The molecule has 5 nitrogen and oxygen atoms in total. The lowest BCUT2D eigenvalue weighted by Gasteiger charge is -2.30. The molecule has 3 atom stereocenters. The Morgan fingerprint density at radius 1 is 1.16 bits per heavy atom. The summed E-state index contributed by atoms with van der Waals surface area (Å²) in [6.07, 6.45) is 3.62. The largest absolute Gasteiger partial charge is 0.448 e. The molecule has 2 aromatic rings. The molecule has 1 aromatic heterocycles. The highest BCUT2D eigenvalue weighted by Gasteiger charge is 2.26. The molecular formula is C20H24N2O3. The van der Waals surface area contributed by atoms with Gasteiger partial charge in [0.2, 0.25) is 0 Å². The molecule has 0 aliphatic heterocycles. The van der Waals surface area contributed by atoms with Gasteiger partial charge in [0.15, 0.2) is 6.10 Å². The third kappa shape index (κ3) is 4.16. The maximum atomic E-state index is 12.3. The Kier molecular flexibility index (Phi) is 5.31. The molecule has 1 N–H and O–H groups in total. The molecule has 0 unspecified atom stereocenters. The van der Waals surface area contributed by atoms with Crippen LogP contribution in [0.5, 0.6) is 0 Å².